The smallest absolute Gasteiger partial charge is 0.661 e. The van der Waals surface area contributed by atoms with Gasteiger partial charge in [0.15, 0.2) is 0 Å². The van der Waals surface area contributed by atoms with E-state index in [1.54, 1.807) is 0 Å². The number of aliphatic imine (C=N–C) groups is 1. The van der Waals surface area contributed by atoms with Crippen LogP contribution in [0.15, 0.2) is 53.2 Å². The minimum Gasteiger partial charge on any atom is -0.661 e. The van der Waals surface area contributed by atoms with E-state index in [1.807, 2.05) is 0 Å². The topological polar surface area (TPSA) is 26.5 Å². The average molecular weight is 608 g/mol. The van der Waals surface area contributed by atoms with E-state index in [4.69, 9.17) is 10.3 Å². The molecule has 2 rings (SSSR count). The summed E-state index contributed by atoms with van der Waals surface area (Å²) >= 11 is 0. The molecule has 0 amide bonds. The second-order valence-electron chi connectivity index (χ2n) is 15.0. The molecule has 2 aromatic rings. The van der Waals surface area contributed by atoms with Crippen LogP contribution in [0.25, 0.3) is 5.32 Å². The first kappa shape index (κ1) is 42.5. The zero-order valence-electron chi connectivity index (χ0n) is 30.2. The largest absolute Gasteiger partial charge is 3.00 e. The summed E-state index contributed by atoms with van der Waals surface area (Å²) in [4.78, 5) is 5.08. The van der Waals surface area contributed by atoms with Gasteiger partial charge < -0.3 is 19.2 Å². The fourth-order valence-corrected chi connectivity index (χ4v) is 4.00. The second kappa shape index (κ2) is 18.9. The Morgan fingerprint density at radius 3 is 1.21 bits per heavy atom. The van der Waals surface area contributed by atoms with Crippen LogP contribution in [0.3, 0.4) is 0 Å². The zero-order chi connectivity index (χ0) is 32.3. The summed E-state index contributed by atoms with van der Waals surface area (Å²) in [7, 11) is 0. The van der Waals surface area contributed by atoms with Gasteiger partial charge in [-0.25, -0.2) is 0 Å². The van der Waals surface area contributed by atoms with Crippen molar-refractivity contribution in [3.05, 3.63) is 89.6 Å². The van der Waals surface area contributed by atoms with Crippen LogP contribution < -0.4 is 0 Å². The summed E-state index contributed by atoms with van der Waals surface area (Å²) in [5.41, 5.74) is 9.95. The Morgan fingerprint density at radius 2 is 0.929 bits per heavy atom. The average Bonchev–Trinajstić information content (AvgIpc) is 2.76. The van der Waals surface area contributed by atoms with Crippen LogP contribution in [-0.4, -0.2) is 5.71 Å². The molecule has 0 saturated carbocycles. The van der Waals surface area contributed by atoms with Gasteiger partial charge in [0.2, 0.25) is 0 Å². The van der Waals surface area contributed by atoms with Gasteiger partial charge in [0.25, 0.3) is 0 Å². The maximum absolute atomic E-state index is 5.08. The van der Waals surface area contributed by atoms with Gasteiger partial charge in [0.05, 0.1) is 5.69 Å². The van der Waals surface area contributed by atoms with E-state index in [-0.39, 0.29) is 32.5 Å². The number of hydrogen-bond acceptors (Lipinski definition) is 1. The van der Waals surface area contributed by atoms with Crippen molar-refractivity contribution in [3.8, 4) is 0 Å². The minimum absolute atomic E-state index is 0. The van der Waals surface area contributed by atoms with E-state index in [0.717, 1.165) is 22.8 Å². The molecule has 0 aliphatic rings. The van der Waals surface area contributed by atoms with Crippen LogP contribution in [0.2, 0.25) is 0 Å². The maximum atomic E-state index is 5.08. The molecule has 2 aromatic carbocycles. The van der Waals surface area contributed by atoms with Crippen molar-refractivity contribution in [2.75, 3.05) is 0 Å². The van der Waals surface area contributed by atoms with Crippen molar-refractivity contribution in [3.63, 3.8) is 0 Å². The first-order valence-corrected chi connectivity index (χ1v) is 15.4. The number of allylic oxidation sites excluding steroid dienone is 2. The van der Waals surface area contributed by atoms with Gasteiger partial charge in [0, 0.05) is 5.71 Å². The van der Waals surface area contributed by atoms with Crippen LogP contribution in [0, 0.1) is 24.7 Å². The van der Waals surface area contributed by atoms with Gasteiger partial charge in [-0.1, -0.05) is 157 Å². The van der Waals surface area contributed by atoms with E-state index < -0.39 is 0 Å². The Labute approximate surface area is 277 Å². The molecule has 0 unspecified atom stereocenters. The molecule has 42 heavy (non-hydrogen) atoms. The molecular formula is C39H63N2Ti. The molecule has 0 aliphatic carbocycles. The summed E-state index contributed by atoms with van der Waals surface area (Å²) in [5, 5.41) is 5.08. The van der Waals surface area contributed by atoms with Crippen molar-refractivity contribution < 1.29 is 21.7 Å². The molecular weight excluding hydrogens is 544 g/mol. The molecule has 0 heterocycles. The van der Waals surface area contributed by atoms with Crippen LogP contribution in [0.1, 0.15) is 157 Å². The Bertz CT molecular complexity index is 1040. The van der Waals surface area contributed by atoms with E-state index in [0.29, 0.717) is 23.7 Å². The third kappa shape index (κ3) is 18.1. The van der Waals surface area contributed by atoms with Gasteiger partial charge in [-0.15, -0.1) is 5.69 Å². The third-order valence-electron chi connectivity index (χ3n) is 5.68. The number of para-hydroxylation sites is 2. The predicted octanol–water partition coefficient (Wildman–Crippen LogP) is 13.6. The predicted molar refractivity (Wildman–Crippen MR) is 188 cm³/mol. The second-order valence-corrected chi connectivity index (χ2v) is 15.0. The van der Waals surface area contributed by atoms with Gasteiger partial charge in [-0.3, -0.25) is 4.99 Å². The summed E-state index contributed by atoms with van der Waals surface area (Å²) in [5.74, 6) is 1.75. The van der Waals surface area contributed by atoms with Crippen LogP contribution in [0.4, 0.5) is 11.4 Å². The van der Waals surface area contributed by atoms with E-state index in [1.165, 1.54) is 22.3 Å². The molecule has 2 nitrogen and oxygen atoms in total. The molecule has 0 fully saturated rings. The molecule has 0 aromatic heterocycles. The molecule has 0 N–H and O–H groups in total. The van der Waals surface area contributed by atoms with E-state index in [2.05, 4.69) is 167 Å². The zero-order valence-corrected chi connectivity index (χ0v) is 31.7. The van der Waals surface area contributed by atoms with Crippen molar-refractivity contribution >= 4 is 17.1 Å². The number of hydrogen-bond donors (Lipinski definition) is 0. The van der Waals surface area contributed by atoms with Gasteiger partial charge in [-0.2, -0.15) is 16.5 Å². The fourth-order valence-electron chi connectivity index (χ4n) is 4.00. The van der Waals surface area contributed by atoms with Crippen molar-refractivity contribution in [1.82, 2.24) is 0 Å². The maximum Gasteiger partial charge on any atom is 3.00 e. The van der Waals surface area contributed by atoms with Crippen LogP contribution in [0.5, 0.6) is 0 Å². The summed E-state index contributed by atoms with van der Waals surface area (Å²) in [6, 6.07) is 13.1. The van der Waals surface area contributed by atoms with E-state index in [9.17, 15) is 0 Å². The van der Waals surface area contributed by atoms with Gasteiger partial charge in [-0.05, 0) is 41.7 Å². The molecule has 0 atom stereocenters. The summed E-state index contributed by atoms with van der Waals surface area (Å²) in [6.07, 6.45) is 2.11. The molecule has 0 spiro atoms. The molecule has 233 valence electrons. The number of benzene rings is 2. The third-order valence-corrected chi connectivity index (χ3v) is 5.68. The first-order valence-electron chi connectivity index (χ1n) is 15.4. The number of rotatable bonds is 8. The Hall–Kier alpha value is -1.64. The fraction of sp³-hybridized carbons (Fsp3) is 0.564. The summed E-state index contributed by atoms with van der Waals surface area (Å²) < 4.78 is 0. The van der Waals surface area contributed by atoms with Gasteiger partial charge >= 0.3 is 21.7 Å². The van der Waals surface area contributed by atoms with E-state index >= 15 is 0 Å². The minimum atomic E-state index is 0. The standard InChI is InChI=1S/C29H41N2.2C5H11.Ti/c1-18(2)24-13-11-14-25(19(3)4)28(24)30-22(9)17-23(10)31-29-26(20(5)6)15-12-16-27(29)21(7)8;2*1-5(2,3)4;/h11-21H,1-10H3;2*1H2,2-4H3;/q3*-1;+3/b22-17-,31-23?;;;. The SMILES string of the molecule is CC(/C=C(/C)[N-]c1c(C(C)C)cccc1C(C)C)=Nc1c(C(C)C)cccc1C(C)C.[CH2-]C(C)(C)C.[CH2-]C(C)(C)C.[Ti+3]. The van der Waals surface area contributed by atoms with Gasteiger partial charge in [0.1, 0.15) is 0 Å². The Balaban J connectivity index is 0. The van der Waals surface area contributed by atoms with Crippen molar-refractivity contribution in [2.45, 2.75) is 134 Å². The molecule has 3 heteroatoms. The van der Waals surface area contributed by atoms with Crippen molar-refractivity contribution in [2.24, 2.45) is 15.8 Å². The Morgan fingerprint density at radius 1 is 0.643 bits per heavy atom. The molecule has 0 saturated heterocycles. The monoisotopic (exact) mass is 607 g/mol. The molecule has 0 bridgehead atoms. The summed E-state index contributed by atoms with van der Waals surface area (Å²) in [6.45, 7) is 42.1. The number of nitrogens with zero attached hydrogens (tertiary/aromatic N) is 2. The van der Waals surface area contributed by atoms with Crippen LogP contribution >= 0.6 is 0 Å². The first-order chi connectivity index (χ1) is 18.5. The Kier molecular flexibility index (Phi) is 19.1. The molecule has 0 aliphatic heterocycles. The molecule has 1 radical (unpaired) electrons. The quantitative estimate of drug-likeness (QED) is 0.162. The normalized spacial score (nSPS) is 12.5. The van der Waals surface area contributed by atoms with Crippen molar-refractivity contribution in [1.29, 1.82) is 0 Å². The van der Waals surface area contributed by atoms with Crippen LogP contribution in [-0.2, 0) is 21.7 Å².